The molecule has 0 saturated heterocycles. The lowest BCUT2D eigenvalue weighted by Crippen LogP contribution is -2.43. The SMILES string of the molecule is CC1(CNC(=O)NCC2CCCCC2C(=O)O)CC1. The van der Waals surface area contributed by atoms with E-state index in [9.17, 15) is 9.59 Å². The maximum atomic E-state index is 11.7. The summed E-state index contributed by atoms with van der Waals surface area (Å²) >= 11 is 0. The van der Waals surface area contributed by atoms with Crippen molar-refractivity contribution < 1.29 is 14.7 Å². The van der Waals surface area contributed by atoms with Gasteiger partial charge in [0.1, 0.15) is 0 Å². The Bertz CT molecular complexity index is 353. The molecule has 2 rings (SSSR count). The zero-order chi connectivity index (χ0) is 13.9. The van der Waals surface area contributed by atoms with E-state index in [0.29, 0.717) is 18.5 Å². The lowest BCUT2D eigenvalue weighted by molar-refractivity contribution is -0.144. The van der Waals surface area contributed by atoms with Gasteiger partial charge in [0, 0.05) is 13.1 Å². The van der Waals surface area contributed by atoms with Gasteiger partial charge in [0.2, 0.25) is 0 Å². The third-order valence-electron chi connectivity index (χ3n) is 4.53. The predicted molar refractivity (Wildman–Crippen MR) is 71.8 cm³/mol. The van der Waals surface area contributed by atoms with E-state index in [4.69, 9.17) is 5.11 Å². The zero-order valence-electron chi connectivity index (χ0n) is 11.6. The maximum absolute atomic E-state index is 11.7. The summed E-state index contributed by atoms with van der Waals surface area (Å²) < 4.78 is 0. The van der Waals surface area contributed by atoms with Gasteiger partial charge in [-0.25, -0.2) is 4.79 Å². The van der Waals surface area contributed by atoms with Crippen LogP contribution in [-0.4, -0.2) is 30.2 Å². The van der Waals surface area contributed by atoms with Crippen LogP contribution in [0.1, 0.15) is 45.4 Å². The molecule has 2 aliphatic carbocycles. The number of hydrogen-bond acceptors (Lipinski definition) is 2. The first-order valence-corrected chi connectivity index (χ1v) is 7.25. The molecule has 0 radical (unpaired) electrons. The molecular weight excluding hydrogens is 244 g/mol. The molecule has 0 aliphatic heterocycles. The largest absolute Gasteiger partial charge is 0.481 e. The van der Waals surface area contributed by atoms with Gasteiger partial charge in [-0.2, -0.15) is 0 Å². The number of amides is 2. The predicted octanol–water partition coefficient (Wildman–Crippen LogP) is 1.98. The van der Waals surface area contributed by atoms with E-state index < -0.39 is 5.97 Å². The number of nitrogens with one attached hydrogen (secondary N) is 2. The molecule has 0 bridgehead atoms. The molecular formula is C14H24N2O3. The molecule has 0 spiro atoms. The van der Waals surface area contributed by atoms with E-state index in [1.807, 2.05) is 0 Å². The van der Waals surface area contributed by atoms with E-state index in [0.717, 1.165) is 25.7 Å². The summed E-state index contributed by atoms with van der Waals surface area (Å²) in [5.74, 6) is -0.944. The fourth-order valence-electron chi connectivity index (χ4n) is 2.75. The van der Waals surface area contributed by atoms with Crippen LogP contribution in [-0.2, 0) is 4.79 Å². The van der Waals surface area contributed by atoms with Gasteiger partial charge in [-0.3, -0.25) is 4.79 Å². The molecule has 2 amide bonds. The van der Waals surface area contributed by atoms with Crippen molar-refractivity contribution in [2.45, 2.75) is 45.4 Å². The average Bonchev–Trinajstić information content (AvgIpc) is 3.13. The van der Waals surface area contributed by atoms with Crippen molar-refractivity contribution in [3.05, 3.63) is 0 Å². The molecule has 2 atom stereocenters. The van der Waals surface area contributed by atoms with Crippen molar-refractivity contribution in [3.63, 3.8) is 0 Å². The van der Waals surface area contributed by atoms with Gasteiger partial charge in [0.05, 0.1) is 5.92 Å². The standard InChI is InChI=1S/C14H24N2O3/c1-14(6-7-14)9-16-13(19)15-8-10-4-2-3-5-11(10)12(17)18/h10-11H,2-9H2,1H3,(H,17,18)(H2,15,16,19). The topological polar surface area (TPSA) is 78.4 Å². The summed E-state index contributed by atoms with van der Waals surface area (Å²) in [5, 5.41) is 14.9. The average molecular weight is 268 g/mol. The molecule has 2 aliphatic rings. The second kappa shape index (κ2) is 5.80. The van der Waals surface area contributed by atoms with Crippen LogP contribution in [0, 0.1) is 17.3 Å². The van der Waals surface area contributed by atoms with E-state index in [2.05, 4.69) is 17.6 Å². The molecule has 5 heteroatoms. The lowest BCUT2D eigenvalue weighted by Gasteiger charge is -2.28. The molecule has 2 saturated carbocycles. The zero-order valence-corrected chi connectivity index (χ0v) is 11.6. The molecule has 0 aromatic rings. The minimum Gasteiger partial charge on any atom is -0.481 e. The van der Waals surface area contributed by atoms with Crippen molar-refractivity contribution >= 4 is 12.0 Å². The van der Waals surface area contributed by atoms with Crippen LogP contribution in [0.25, 0.3) is 0 Å². The minimum absolute atomic E-state index is 0.0773. The van der Waals surface area contributed by atoms with Gasteiger partial charge in [0.15, 0.2) is 0 Å². The van der Waals surface area contributed by atoms with Crippen molar-refractivity contribution in [1.29, 1.82) is 0 Å². The number of carboxylic acid groups (broad SMARTS) is 1. The van der Waals surface area contributed by atoms with Crippen LogP contribution in [0.4, 0.5) is 4.79 Å². The highest BCUT2D eigenvalue weighted by Crippen LogP contribution is 2.43. The highest BCUT2D eigenvalue weighted by atomic mass is 16.4. The second-order valence-electron chi connectivity index (χ2n) is 6.36. The van der Waals surface area contributed by atoms with Gasteiger partial charge in [0.25, 0.3) is 0 Å². The van der Waals surface area contributed by atoms with Gasteiger partial charge < -0.3 is 15.7 Å². The number of urea groups is 1. The number of rotatable bonds is 5. The van der Waals surface area contributed by atoms with Gasteiger partial charge in [-0.1, -0.05) is 19.8 Å². The quantitative estimate of drug-likeness (QED) is 0.713. The number of carbonyl (C=O) groups is 2. The highest BCUT2D eigenvalue weighted by molar-refractivity contribution is 5.74. The first kappa shape index (κ1) is 14.2. The monoisotopic (exact) mass is 268 g/mol. The Morgan fingerprint density at radius 3 is 2.53 bits per heavy atom. The summed E-state index contributed by atoms with van der Waals surface area (Å²) in [4.78, 5) is 22.8. The Morgan fingerprint density at radius 2 is 1.89 bits per heavy atom. The molecule has 108 valence electrons. The van der Waals surface area contributed by atoms with Crippen molar-refractivity contribution in [1.82, 2.24) is 10.6 Å². The molecule has 0 aromatic heterocycles. The lowest BCUT2D eigenvalue weighted by atomic mass is 9.79. The molecule has 5 nitrogen and oxygen atoms in total. The second-order valence-corrected chi connectivity index (χ2v) is 6.36. The summed E-state index contributed by atoms with van der Waals surface area (Å²) in [5.41, 5.74) is 0.297. The number of carbonyl (C=O) groups excluding carboxylic acids is 1. The normalized spacial score (nSPS) is 28.5. The number of aliphatic carboxylic acids is 1. The Labute approximate surface area is 114 Å². The summed E-state index contributed by atoms with van der Waals surface area (Å²) in [7, 11) is 0. The van der Waals surface area contributed by atoms with Crippen LogP contribution >= 0.6 is 0 Å². The Kier molecular flexibility index (Phi) is 4.32. The van der Waals surface area contributed by atoms with Crippen LogP contribution < -0.4 is 10.6 Å². The Balaban J connectivity index is 1.70. The molecule has 19 heavy (non-hydrogen) atoms. The first-order valence-electron chi connectivity index (χ1n) is 7.25. The van der Waals surface area contributed by atoms with E-state index in [1.165, 1.54) is 12.8 Å². The smallest absolute Gasteiger partial charge is 0.314 e. The minimum atomic E-state index is -0.725. The number of hydrogen-bond donors (Lipinski definition) is 3. The third-order valence-corrected chi connectivity index (χ3v) is 4.53. The van der Waals surface area contributed by atoms with Crippen LogP contribution in [0.3, 0.4) is 0 Å². The van der Waals surface area contributed by atoms with Crippen LogP contribution in [0.15, 0.2) is 0 Å². The fraction of sp³-hybridized carbons (Fsp3) is 0.857. The molecule has 0 aromatic carbocycles. The highest BCUT2D eigenvalue weighted by Gasteiger charge is 2.37. The number of carboxylic acids is 1. The van der Waals surface area contributed by atoms with E-state index >= 15 is 0 Å². The van der Waals surface area contributed by atoms with Crippen molar-refractivity contribution in [2.75, 3.05) is 13.1 Å². The molecule has 2 unspecified atom stereocenters. The molecule has 2 fully saturated rings. The Morgan fingerprint density at radius 1 is 1.21 bits per heavy atom. The van der Waals surface area contributed by atoms with Gasteiger partial charge in [-0.15, -0.1) is 0 Å². The molecule has 3 N–H and O–H groups in total. The van der Waals surface area contributed by atoms with E-state index in [-0.39, 0.29) is 17.9 Å². The maximum Gasteiger partial charge on any atom is 0.314 e. The molecule has 0 heterocycles. The summed E-state index contributed by atoms with van der Waals surface area (Å²) in [6.45, 7) is 3.35. The third kappa shape index (κ3) is 4.11. The van der Waals surface area contributed by atoms with Crippen molar-refractivity contribution in [2.24, 2.45) is 17.3 Å². The van der Waals surface area contributed by atoms with Gasteiger partial charge >= 0.3 is 12.0 Å². The van der Waals surface area contributed by atoms with Crippen LogP contribution in [0.2, 0.25) is 0 Å². The summed E-state index contributed by atoms with van der Waals surface area (Å²) in [6.07, 6.45) is 6.04. The van der Waals surface area contributed by atoms with Gasteiger partial charge in [-0.05, 0) is 37.0 Å². The fourth-order valence-corrected chi connectivity index (χ4v) is 2.75. The van der Waals surface area contributed by atoms with E-state index in [1.54, 1.807) is 0 Å². The van der Waals surface area contributed by atoms with Crippen molar-refractivity contribution in [3.8, 4) is 0 Å². The Hall–Kier alpha value is -1.26. The first-order chi connectivity index (χ1) is 9.00. The van der Waals surface area contributed by atoms with Crippen LogP contribution in [0.5, 0.6) is 0 Å². The summed E-state index contributed by atoms with van der Waals surface area (Å²) in [6, 6.07) is -0.164.